The summed E-state index contributed by atoms with van der Waals surface area (Å²) in [4.78, 5) is 0. The summed E-state index contributed by atoms with van der Waals surface area (Å²) >= 11 is 0. The molecular weight excluding hydrogens is 190 g/mol. The van der Waals surface area contributed by atoms with E-state index in [9.17, 15) is 8.42 Å². The zero-order chi connectivity index (χ0) is 9.95. The van der Waals surface area contributed by atoms with Gasteiger partial charge in [-0.3, -0.25) is 0 Å². The molecule has 0 saturated heterocycles. The largest absolute Gasteiger partial charge is 0.359 e. The van der Waals surface area contributed by atoms with Crippen LogP contribution in [0.3, 0.4) is 0 Å². The fourth-order valence-electron chi connectivity index (χ4n) is 1.05. The van der Waals surface area contributed by atoms with E-state index in [0.717, 1.165) is 6.26 Å². The Hall–Kier alpha value is -0.650. The lowest BCUT2D eigenvalue weighted by Crippen LogP contribution is -2.48. The number of hydrogen-bond donors (Lipinski definition) is 1. The van der Waals surface area contributed by atoms with Crippen LogP contribution in [0.4, 0.5) is 0 Å². The highest BCUT2D eigenvalue weighted by Gasteiger charge is 2.30. The first kappa shape index (κ1) is 10.4. The zero-order valence-corrected chi connectivity index (χ0v) is 8.34. The van der Waals surface area contributed by atoms with Gasteiger partial charge in [0, 0.05) is 13.5 Å². The van der Waals surface area contributed by atoms with E-state index in [-0.39, 0.29) is 0 Å². The minimum absolute atomic E-state index is 1.03. The summed E-state index contributed by atoms with van der Waals surface area (Å²) in [5, 5.41) is 0. The molecule has 1 rings (SSSR count). The van der Waals surface area contributed by atoms with Gasteiger partial charge < -0.3 is 4.74 Å². The molecule has 0 aromatic carbocycles. The Labute approximate surface area is 78.3 Å². The average molecular weight is 202 g/mol. The fourth-order valence-corrected chi connectivity index (χ4v) is 1.85. The molecule has 1 aliphatic rings. The van der Waals surface area contributed by atoms with Crippen molar-refractivity contribution in [2.75, 3.05) is 13.4 Å². The first-order valence-electron chi connectivity index (χ1n) is 3.72. The van der Waals surface area contributed by atoms with E-state index in [4.69, 9.17) is 4.74 Å². The molecule has 73 valence electrons. The number of nitrogens with one attached hydrogen (secondary N) is 1. The lowest BCUT2D eigenvalue weighted by molar-refractivity contribution is 0.0538. The van der Waals surface area contributed by atoms with Crippen molar-refractivity contribution >= 4 is 10.0 Å². The molecule has 0 saturated carbocycles. The maximum absolute atomic E-state index is 11.0. The third-order valence-corrected chi connectivity index (χ3v) is 2.28. The van der Waals surface area contributed by atoms with E-state index in [1.807, 2.05) is 0 Å². The van der Waals surface area contributed by atoms with Crippen LogP contribution in [-0.4, -0.2) is 27.5 Å². The first-order valence-corrected chi connectivity index (χ1v) is 5.61. The average Bonchev–Trinajstić information content (AvgIpc) is 2.03. The summed E-state index contributed by atoms with van der Waals surface area (Å²) in [6, 6.07) is 0. The van der Waals surface area contributed by atoms with Crippen molar-refractivity contribution in [2.24, 2.45) is 0 Å². The Morgan fingerprint density at radius 3 is 2.38 bits per heavy atom. The van der Waals surface area contributed by atoms with Crippen LogP contribution in [0, 0.1) is 6.42 Å². The zero-order valence-electron chi connectivity index (χ0n) is 7.52. The molecule has 0 aromatic rings. The van der Waals surface area contributed by atoms with Crippen molar-refractivity contribution in [2.45, 2.75) is 5.72 Å². The van der Waals surface area contributed by atoms with E-state index >= 15 is 0 Å². The van der Waals surface area contributed by atoms with E-state index in [0.29, 0.717) is 0 Å². The van der Waals surface area contributed by atoms with Gasteiger partial charge in [0.1, 0.15) is 0 Å². The Morgan fingerprint density at radius 2 is 2.00 bits per heavy atom. The van der Waals surface area contributed by atoms with Gasteiger partial charge in [-0.05, 0) is 6.08 Å². The molecule has 0 bridgehead atoms. The summed E-state index contributed by atoms with van der Waals surface area (Å²) in [5.74, 6) is 0. The maximum Gasteiger partial charge on any atom is 0.211 e. The maximum atomic E-state index is 11.0. The highest BCUT2D eigenvalue weighted by atomic mass is 32.2. The predicted molar refractivity (Wildman–Crippen MR) is 50.3 cm³/mol. The molecule has 1 aliphatic carbocycles. The minimum Gasteiger partial charge on any atom is -0.359 e. The molecule has 0 amide bonds. The van der Waals surface area contributed by atoms with Gasteiger partial charge in [-0.25, -0.2) is 8.42 Å². The summed E-state index contributed by atoms with van der Waals surface area (Å²) in [7, 11) is -1.84. The lowest BCUT2D eigenvalue weighted by Gasteiger charge is -2.29. The predicted octanol–water partition coefficient (Wildman–Crippen LogP) is 0.209. The highest BCUT2D eigenvalue weighted by Crippen LogP contribution is 2.17. The normalized spacial score (nSPS) is 27.8. The van der Waals surface area contributed by atoms with Gasteiger partial charge in [-0.1, -0.05) is 18.2 Å². The van der Waals surface area contributed by atoms with Gasteiger partial charge in [0.15, 0.2) is 5.72 Å². The number of methoxy groups -OCH3 is 1. The molecular formula is C8H12NO3S. The summed E-state index contributed by atoms with van der Waals surface area (Å²) < 4.78 is 29.4. The topological polar surface area (TPSA) is 55.4 Å². The van der Waals surface area contributed by atoms with Gasteiger partial charge in [0.2, 0.25) is 10.0 Å². The SMILES string of the molecule is COC1(NS(C)(=O)=O)[CH]C=CC=C1. The van der Waals surface area contributed by atoms with Crippen LogP contribution in [0.25, 0.3) is 0 Å². The second-order valence-electron chi connectivity index (χ2n) is 2.78. The fraction of sp³-hybridized carbons (Fsp3) is 0.375. The lowest BCUT2D eigenvalue weighted by atomic mass is 10.1. The second kappa shape index (κ2) is 3.61. The molecule has 1 N–H and O–H groups in total. The van der Waals surface area contributed by atoms with Crippen molar-refractivity contribution in [3.05, 3.63) is 30.7 Å². The van der Waals surface area contributed by atoms with E-state index in [2.05, 4.69) is 4.72 Å². The number of allylic oxidation sites excluding steroid dienone is 2. The van der Waals surface area contributed by atoms with Gasteiger partial charge in [-0.15, -0.1) is 0 Å². The number of hydrogen-bond acceptors (Lipinski definition) is 3. The summed E-state index contributed by atoms with van der Waals surface area (Å²) in [6.07, 6.45) is 9.60. The third kappa shape index (κ3) is 2.95. The van der Waals surface area contributed by atoms with E-state index < -0.39 is 15.7 Å². The third-order valence-electron chi connectivity index (χ3n) is 1.59. The molecule has 1 radical (unpaired) electrons. The van der Waals surface area contributed by atoms with E-state index in [1.165, 1.54) is 7.11 Å². The Kier molecular flexibility index (Phi) is 2.90. The molecule has 0 aromatic heterocycles. The van der Waals surface area contributed by atoms with Crippen LogP contribution in [0.1, 0.15) is 0 Å². The van der Waals surface area contributed by atoms with Crippen LogP contribution in [0.2, 0.25) is 0 Å². The van der Waals surface area contributed by atoms with Crippen molar-refractivity contribution < 1.29 is 13.2 Å². The molecule has 0 heterocycles. The number of ether oxygens (including phenoxy) is 1. The van der Waals surface area contributed by atoms with Crippen LogP contribution in [0.5, 0.6) is 0 Å². The Morgan fingerprint density at radius 1 is 1.31 bits per heavy atom. The Balaban J connectivity index is 2.83. The number of rotatable bonds is 3. The van der Waals surface area contributed by atoms with Crippen molar-refractivity contribution in [1.29, 1.82) is 0 Å². The highest BCUT2D eigenvalue weighted by molar-refractivity contribution is 7.88. The Bertz CT molecular complexity index is 331. The van der Waals surface area contributed by atoms with Crippen LogP contribution < -0.4 is 4.72 Å². The molecule has 0 aliphatic heterocycles. The van der Waals surface area contributed by atoms with Crippen molar-refractivity contribution in [1.82, 2.24) is 4.72 Å². The van der Waals surface area contributed by atoms with Gasteiger partial charge >= 0.3 is 0 Å². The molecule has 1 atom stereocenters. The molecule has 0 spiro atoms. The molecule has 5 heteroatoms. The second-order valence-corrected chi connectivity index (χ2v) is 4.53. The van der Waals surface area contributed by atoms with Crippen LogP contribution in [-0.2, 0) is 14.8 Å². The van der Waals surface area contributed by atoms with Crippen molar-refractivity contribution in [3.8, 4) is 0 Å². The van der Waals surface area contributed by atoms with Crippen molar-refractivity contribution in [3.63, 3.8) is 0 Å². The first-order chi connectivity index (χ1) is 5.97. The molecule has 0 fully saturated rings. The minimum atomic E-state index is -3.29. The van der Waals surface area contributed by atoms with E-state index in [1.54, 1.807) is 30.7 Å². The summed E-state index contributed by atoms with van der Waals surface area (Å²) in [5.41, 5.74) is -1.03. The monoisotopic (exact) mass is 202 g/mol. The quantitative estimate of drug-likeness (QED) is 0.665. The molecule has 1 unspecified atom stereocenters. The molecule has 4 nitrogen and oxygen atoms in total. The standard InChI is InChI=1S/C8H12NO3S/c1-12-8(9-13(2,10)11)6-4-3-5-7-8/h3-7,9H,1-2H3. The number of sulfonamides is 1. The van der Waals surface area contributed by atoms with Gasteiger partial charge in [0.25, 0.3) is 0 Å². The molecule has 13 heavy (non-hydrogen) atoms. The van der Waals surface area contributed by atoms with Crippen LogP contribution >= 0.6 is 0 Å². The van der Waals surface area contributed by atoms with Crippen LogP contribution in [0.15, 0.2) is 24.3 Å². The van der Waals surface area contributed by atoms with Gasteiger partial charge in [-0.2, -0.15) is 4.72 Å². The summed E-state index contributed by atoms with van der Waals surface area (Å²) in [6.45, 7) is 0. The van der Waals surface area contributed by atoms with Gasteiger partial charge in [0.05, 0.1) is 6.26 Å². The smallest absolute Gasteiger partial charge is 0.211 e.